The van der Waals surface area contributed by atoms with Crippen molar-refractivity contribution in [1.29, 1.82) is 0 Å². The average molecular weight is 269 g/mol. The highest BCUT2D eigenvalue weighted by Crippen LogP contribution is 2.18. The molecule has 5 N–H and O–H groups in total. The van der Waals surface area contributed by atoms with Gasteiger partial charge in [0, 0.05) is 0 Å². The van der Waals surface area contributed by atoms with Crippen molar-refractivity contribution >= 4 is 24.2 Å². The molecule has 1 rings (SSSR count). The summed E-state index contributed by atoms with van der Waals surface area (Å²) >= 11 is 0. The number of carbonyl (C=O) groups is 3. The highest BCUT2D eigenvalue weighted by molar-refractivity contribution is 6.16. The van der Waals surface area contributed by atoms with Gasteiger partial charge >= 0.3 is 12.1 Å². The van der Waals surface area contributed by atoms with E-state index >= 15 is 0 Å². The van der Waals surface area contributed by atoms with Crippen LogP contribution in [0.2, 0.25) is 0 Å². The molecule has 0 unspecified atom stereocenters. The fraction of sp³-hybridized carbons (Fsp3) is 0.636. The fourth-order valence-electron chi connectivity index (χ4n) is 1.87. The van der Waals surface area contributed by atoms with Crippen LogP contribution >= 0.6 is 0 Å². The molecule has 19 heavy (non-hydrogen) atoms. The van der Waals surface area contributed by atoms with Gasteiger partial charge in [0.25, 0.3) is 5.91 Å². The first-order valence-corrected chi connectivity index (χ1v) is 6.23. The lowest BCUT2D eigenvalue weighted by Crippen LogP contribution is -2.49. The van der Waals surface area contributed by atoms with Crippen molar-refractivity contribution in [1.82, 2.24) is 16.1 Å². The molecular formula is C11H19N5O3. The Morgan fingerprint density at radius 3 is 2.68 bits per heavy atom. The summed E-state index contributed by atoms with van der Waals surface area (Å²) in [6.07, 6.45) is 5.49. The Morgan fingerprint density at radius 2 is 2.16 bits per heavy atom. The number of hydrogen-bond donors (Lipinski definition) is 4. The largest absolute Gasteiger partial charge is 0.350 e. The third-order valence-corrected chi connectivity index (χ3v) is 2.85. The second-order valence-electron chi connectivity index (χ2n) is 4.42. The van der Waals surface area contributed by atoms with Crippen molar-refractivity contribution in [3.63, 3.8) is 0 Å². The van der Waals surface area contributed by atoms with Gasteiger partial charge in [-0.25, -0.2) is 15.0 Å². The molecule has 0 aromatic heterocycles. The molecule has 0 bridgehead atoms. The van der Waals surface area contributed by atoms with E-state index in [2.05, 4.69) is 22.7 Å². The zero-order valence-electron chi connectivity index (χ0n) is 10.9. The molecule has 0 aliphatic carbocycles. The third-order valence-electron chi connectivity index (χ3n) is 2.85. The first-order valence-electron chi connectivity index (χ1n) is 6.23. The van der Waals surface area contributed by atoms with Crippen LogP contribution in [0.15, 0.2) is 5.10 Å². The summed E-state index contributed by atoms with van der Waals surface area (Å²) in [4.78, 5) is 33.6. The topological polar surface area (TPSA) is 126 Å². The molecule has 8 nitrogen and oxygen atoms in total. The minimum atomic E-state index is -1.20. The van der Waals surface area contributed by atoms with Gasteiger partial charge < -0.3 is 11.1 Å². The molecule has 1 fully saturated rings. The zero-order chi connectivity index (χ0) is 14.3. The first kappa shape index (κ1) is 14.9. The Kier molecular flexibility index (Phi) is 5.28. The lowest BCUT2D eigenvalue weighted by atomic mass is 9.93. The molecule has 1 heterocycles. The Labute approximate surface area is 111 Å². The molecule has 0 aromatic rings. The molecule has 1 aliphatic rings. The number of imide groups is 1. The van der Waals surface area contributed by atoms with Gasteiger partial charge in [-0.05, 0) is 6.42 Å². The Morgan fingerprint density at radius 1 is 1.42 bits per heavy atom. The number of hydrazone groups is 1. The summed E-state index contributed by atoms with van der Waals surface area (Å²) < 4.78 is 0. The molecule has 0 saturated carbocycles. The normalized spacial score (nSPS) is 22.4. The quantitative estimate of drug-likeness (QED) is 0.228. The average Bonchev–Trinajstić information content (AvgIpc) is 2.60. The monoisotopic (exact) mass is 269 g/mol. The SMILES string of the molecule is CCCCCC[C@]1(/C=N/NC(N)=O)NC(=O)NC1=O. The molecule has 1 aliphatic heterocycles. The first-order chi connectivity index (χ1) is 9.00. The molecule has 1 atom stereocenters. The maximum Gasteiger partial charge on any atom is 0.332 e. The van der Waals surface area contributed by atoms with E-state index in [1.807, 2.05) is 5.43 Å². The van der Waals surface area contributed by atoms with Crippen molar-refractivity contribution in [3.8, 4) is 0 Å². The van der Waals surface area contributed by atoms with Gasteiger partial charge in [-0.1, -0.05) is 32.6 Å². The van der Waals surface area contributed by atoms with E-state index in [1.165, 1.54) is 6.21 Å². The molecule has 8 heteroatoms. The minimum Gasteiger partial charge on any atom is -0.350 e. The van der Waals surface area contributed by atoms with E-state index in [0.29, 0.717) is 6.42 Å². The number of rotatable bonds is 7. The molecule has 106 valence electrons. The number of unbranched alkanes of at least 4 members (excludes halogenated alkanes) is 3. The maximum absolute atomic E-state index is 11.8. The second kappa shape index (κ2) is 6.72. The summed E-state index contributed by atoms with van der Waals surface area (Å²) in [6.45, 7) is 2.08. The lowest BCUT2D eigenvalue weighted by Gasteiger charge is -2.20. The summed E-state index contributed by atoms with van der Waals surface area (Å²) in [5.41, 5.74) is 5.68. The van der Waals surface area contributed by atoms with Crippen LogP contribution in [0, 0.1) is 0 Å². The summed E-state index contributed by atoms with van der Waals surface area (Å²) in [5.74, 6) is -0.469. The maximum atomic E-state index is 11.8. The number of amides is 5. The van der Waals surface area contributed by atoms with Gasteiger partial charge in [0.1, 0.15) is 0 Å². The molecular weight excluding hydrogens is 250 g/mol. The molecule has 5 amide bonds. The van der Waals surface area contributed by atoms with Gasteiger partial charge in [0.15, 0.2) is 5.54 Å². The van der Waals surface area contributed by atoms with Crippen LogP contribution in [0.4, 0.5) is 9.59 Å². The Balaban J connectivity index is 2.68. The number of urea groups is 2. The predicted octanol–water partition coefficient (Wildman–Crippen LogP) is 0.189. The number of nitrogens with zero attached hydrogens (tertiary/aromatic N) is 1. The van der Waals surface area contributed by atoms with Crippen LogP contribution in [0.25, 0.3) is 0 Å². The van der Waals surface area contributed by atoms with Gasteiger partial charge in [-0.2, -0.15) is 5.10 Å². The molecule has 0 radical (unpaired) electrons. The summed E-state index contributed by atoms with van der Waals surface area (Å²) in [5, 5.41) is 8.27. The standard InChI is InChI=1S/C11H19N5O3/c1-2-3-4-5-6-11(7-13-16-9(12)18)8(17)14-10(19)15-11/h7H,2-6H2,1H3,(H3,12,16,18)(H2,14,15,17,19)/b13-7+/t11-/m1/s1. The van der Waals surface area contributed by atoms with Crippen molar-refractivity contribution < 1.29 is 14.4 Å². The fourth-order valence-corrected chi connectivity index (χ4v) is 1.87. The number of carbonyl (C=O) groups excluding carboxylic acids is 3. The molecule has 0 spiro atoms. The highest BCUT2D eigenvalue weighted by Gasteiger charge is 2.44. The van der Waals surface area contributed by atoms with Gasteiger partial charge in [-0.15, -0.1) is 0 Å². The van der Waals surface area contributed by atoms with E-state index in [1.54, 1.807) is 0 Å². The van der Waals surface area contributed by atoms with E-state index in [4.69, 9.17) is 5.73 Å². The third kappa shape index (κ3) is 4.23. The lowest BCUT2D eigenvalue weighted by molar-refractivity contribution is -0.121. The van der Waals surface area contributed by atoms with Gasteiger partial charge in [0.05, 0.1) is 6.21 Å². The van der Waals surface area contributed by atoms with E-state index < -0.39 is 23.5 Å². The van der Waals surface area contributed by atoms with Crippen LogP contribution in [-0.2, 0) is 4.79 Å². The number of nitrogens with one attached hydrogen (secondary N) is 3. The van der Waals surface area contributed by atoms with Crippen molar-refractivity contribution in [2.24, 2.45) is 10.8 Å². The van der Waals surface area contributed by atoms with Crippen molar-refractivity contribution in [2.45, 2.75) is 44.6 Å². The van der Waals surface area contributed by atoms with Crippen LogP contribution in [-0.4, -0.2) is 29.7 Å². The van der Waals surface area contributed by atoms with E-state index in [0.717, 1.165) is 25.7 Å². The van der Waals surface area contributed by atoms with Crippen LogP contribution < -0.4 is 21.8 Å². The van der Waals surface area contributed by atoms with Gasteiger partial charge in [0.2, 0.25) is 0 Å². The van der Waals surface area contributed by atoms with Crippen molar-refractivity contribution in [2.75, 3.05) is 0 Å². The second-order valence-corrected chi connectivity index (χ2v) is 4.42. The minimum absolute atomic E-state index is 0.425. The van der Waals surface area contributed by atoms with E-state index in [-0.39, 0.29) is 0 Å². The number of nitrogens with two attached hydrogens (primary N) is 1. The molecule has 0 aromatic carbocycles. The van der Waals surface area contributed by atoms with Gasteiger partial charge in [-0.3, -0.25) is 10.1 Å². The number of hydrogen-bond acceptors (Lipinski definition) is 4. The Hall–Kier alpha value is -2.12. The number of primary amides is 1. The van der Waals surface area contributed by atoms with Crippen LogP contribution in [0.5, 0.6) is 0 Å². The van der Waals surface area contributed by atoms with Crippen molar-refractivity contribution in [3.05, 3.63) is 0 Å². The van der Waals surface area contributed by atoms with Crippen LogP contribution in [0.3, 0.4) is 0 Å². The van der Waals surface area contributed by atoms with E-state index in [9.17, 15) is 14.4 Å². The molecule has 1 saturated heterocycles. The predicted molar refractivity (Wildman–Crippen MR) is 69.4 cm³/mol. The summed E-state index contributed by atoms with van der Waals surface area (Å²) in [6, 6.07) is -1.40. The van der Waals surface area contributed by atoms with Crippen LogP contribution in [0.1, 0.15) is 39.0 Å². The highest BCUT2D eigenvalue weighted by atomic mass is 16.2. The summed E-state index contributed by atoms with van der Waals surface area (Å²) in [7, 11) is 0. The smallest absolute Gasteiger partial charge is 0.332 e. The Bertz CT molecular complexity index is 396. The zero-order valence-corrected chi connectivity index (χ0v) is 10.9.